The van der Waals surface area contributed by atoms with Crippen LogP contribution in [0.15, 0.2) is 16.6 Å². The number of methoxy groups -OCH3 is 2. The molecule has 1 aromatic rings. The topological polar surface area (TPSA) is 33.7 Å². The number of nitrogens with zero attached hydrogens (tertiary/aromatic N) is 1. The molecule has 1 saturated carbocycles. The predicted octanol–water partition coefficient (Wildman–Crippen LogP) is 4.85. The standard InChI is InChI=1S/C12H18BrNO2.C7H15N/c1-5-14(6-2)10-8-12(16-4)11(15-3)7-9(10)13;1-8-7-5-3-2-4-6-7/h7-8H,5-6H2,1-4H3;7-8H,2-6H2,1H3. The van der Waals surface area contributed by atoms with E-state index in [4.69, 9.17) is 9.47 Å². The van der Waals surface area contributed by atoms with Gasteiger partial charge in [-0.3, -0.25) is 0 Å². The molecule has 0 aromatic heterocycles. The molecule has 138 valence electrons. The first kappa shape index (κ1) is 21.1. The van der Waals surface area contributed by atoms with Crippen molar-refractivity contribution in [3.05, 3.63) is 16.6 Å². The molecule has 5 heteroatoms. The lowest BCUT2D eigenvalue weighted by molar-refractivity contribution is 0.354. The largest absolute Gasteiger partial charge is 0.493 e. The van der Waals surface area contributed by atoms with Crippen molar-refractivity contribution in [3.8, 4) is 11.5 Å². The van der Waals surface area contributed by atoms with Gasteiger partial charge in [0.2, 0.25) is 0 Å². The first-order valence-electron chi connectivity index (χ1n) is 8.94. The molecule has 1 aliphatic rings. The minimum Gasteiger partial charge on any atom is -0.493 e. The Kier molecular flexibility index (Phi) is 10.2. The van der Waals surface area contributed by atoms with Gasteiger partial charge in [-0.05, 0) is 49.7 Å². The van der Waals surface area contributed by atoms with E-state index < -0.39 is 0 Å². The minimum atomic E-state index is 0.741. The molecule has 2 rings (SSSR count). The highest BCUT2D eigenvalue weighted by atomic mass is 79.9. The third kappa shape index (κ3) is 6.17. The highest BCUT2D eigenvalue weighted by molar-refractivity contribution is 9.10. The van der Waals surface area contributed by atoms with Crippen LogP contribution < -0.4 is 19.7 Å². The summed E-state index contributed by atoms with van der Waals surface area (Å²) in [5, 5.41) is 3.30. The molecule has 1 aliphatic carbocycles. The maximum absolute atomic E-state index is 5.30. The van der Waals surface area contributed by atoms with Crippen LogP contribution in [-0.4, -0.2) is 40.4 Å². The molecule has 0 spiro atoms. The number of halogens is 1. The fourth-order valence-electron chi connectivity index (χ4n) is 3.04. The minimum absolute atomic E-state index is 0.741. The summed E-state index contributed by atoms with van der Waals surface area (Å²) in [5.41, 5.74) is 1.13. The number of nitrogens with one attached hydrogen (secondary N) is 1. The molecule has 1 fully saturated rings. The van der Waals surface area contributed by atoms with Crippen molar-refractivity contribution in [2.75, 3.05) is 39.3 Å². The molecule has 0 amide bonds. The summed E-state index contributed by atoms with van der Waals surface area (Å²) in [5.74, 6) is 1.50. The highest BCUT2D eigenvalue weighted by Crippen LogP contribution is 2.37. The van der Waals surface area contributed by atoms with Crippen molar-refractivity contribution in [2.45, 2.75) is 52.0 Å². The van der Waals surface area contributed by atoms with Gasteiger partial charge in [-0.25, -0.2) is 0 Å². The van der Waals surface area contributed by atoms with E-state index in [0.717, 1.165) is 40.8 Å². The van der Waals surface area contributed by atoms with E-state index in [-0.39, 0.29) is 0 Å². The van der Waals surface area contributed by atoms with Crippen LogP contribution in [0.1, 0.15) is 46.0 Å². The van der Waals surface area contributed by atoms with E-state index in [9.17, 15) is 0 Å². The Balaban J connectivity index is 0.000000300. The van der Waals surface area contributed by atoms with Gasteiger partial charge in [-0.1, -0.05) is 19.3 Å². The van der Waals surface area contributed by atoms with Crippen molar-refractivity contribution in [1.82, 2.24) is 5.32 Å². The van der Waals surface area contributed by atoms with Gasteiger partial charge in [0.25, 0.3) is 0 Å². The lowest BCUT2D eigenvalue weighted by Crippen LogP contribution is -2.26. The van der Waals surface area contributed by atoms with Gasteiger partial charge < -0.3 is 19.7 Å². The van der Waals surface area contributed by atoms with Crippen LogP contribution in [0.5, 0.6) is 11.5 Å². The Morgan fingerprint density at radius 3 is 2.00 bits per heavy atom. The summed E-state index contributed by atoms with van der Waals surface area (Å²) in [4.78, 5) is 2.26. The Labute approximate surface area is 156 Å². The number of benzene rings is 1. The second-order valence-electron chi connectivity index (χ2n) is 5.95. The van der Waals surface area contributed by atoms with E-state index in [1.54, 1.807) is 14.2 Å². The van der Waals surface area contributed by atoms with E-state index in [2.05, 4.69) is 47.0 Å². The second-order valence-corrected chi connectivity index (χ2v) is 6.81. The second kappa shape index (κ2) is 11.6. The van der Waals surface area contributed by atoms with Crippen LogP contribution in [-0.2, 0) is 0 Å². The third-order valence-electron chi connectivity index (χ3n) is 4.57. The first-order chi connectivity index (χ1) is 11.6. The van der Waals surface area contributed by atoms with E-state index in [1.807, 2.05) is 12.1 Å². The van der Waals surface area contributed by atoms with E-state index in [0.29, 0.717) is 0 Å². The number of anilines is 1. The van der Waals surface area contributed by atoms with Crippen molar-refractivity contribution < 1.29 is 9.47 Å². The van der Waals surface area contributed by atoms with E-state index in [1.165, 1.54) is 32.1 Å². The third-order valence-corrected chi connectivity index (χ3v) is 5.21. The lowest BCUT2D eigenvalue weighted by atomic mass is 9.96. The number of ether oxygens (including phenoxy) is 2. The monoisotopic (exact) mass is 400 g/mol. The zero-order valence-corrected chi connectivity index (χ0v) is 17.4. The van der Waals surface area contributed by atoms with Crippen LogP contribution in [0, 0.1) is 0 Å². The smallest absolute Gasteiger partial charge is 0.162 e. The Morgan fingerprint density at radius 2 is 1.58 bits per heavy atom. The summed E-state index contributed by atoms with van der Waals surface area (Å²) in [6, 6.07) is 4.77. The lowest BCUT2D eigenvalue weighted by Gasteiger charge is -2.23. The van der Waals surface area contributed by atoms with Gasteiger partial charge in [0.15, 0.2) is 11.5 Å². The SMILES string of the molecule is CCN(CC)c1cc(OC)c(OC)cc1Br.CNC1CCCCC1. The maximum Gasteiger partial charge on any atom is 0.162 e. The molecule has 0 unspecified atom stereocenters. The summed E-state index contributed by atoms with van der Waals surface area (Å²) >= 11 is 3.56. The zero-order valence-electron chi connectivity index (χ0n) is 15.8. The molecule has 0 radical (unpaired) electrons. The van der Waals surface area contributed by atoms with Gasteiger partial charge >= 0.3 is 0 Å². The normalized spacial score (nSPS) is 14.6. The van der Waals surface area contributed by atoms with Crippen molar-refractivity contribution in [2.24, 2.45) is 0 Å². The van der Waals surface area contributed by atoms with Crippen molar-refractivity contribution >= 4 is 21.6 Å². The molecule has 0 aliphatic heterocycles. The van der Waals surface area contributed by atoms with Gasteiger partial charge in [0, 0.05) is 35.7 Å². The van der Waals surface area contributed by atoms with Crippen LogP contribution in [0.2, 0.25) is 0 Å². The van der Waals surface area contributed by atoms with Gasteiger partial charge in [0.05, 0.1) is 19.9 Å². The molecule has 24 heavy (non-hydrogen) atoms. The first-order valence-corrected chi connectivity index (χ1v) is 9.74. The quantitative estimate of drug-likeness (QED) is 0.739. The van der Waals surface area contributed by atoms with Gasteiger partial charge in [0.1, 0.15) is 0 Å². The molecule has 0 bridgehead atoms. The van der Waals surface area contributed by atoms with E-state index >= 15 is 0 Å². The van der Waals surface area contributed by atoms with Crippen LogP contribution >= 0.6 is 15.9 Å². The van der Waals surface area contributed by atoms with Gasteiger partial charge in [-0.15, -0.1) is 0 Å². The average molecular weight is 401 g/mol. The summed E-state index contributed by atoms with van der Waals surface area (Å²) in [7, 11) is 5.36. The number of hydrogen-bond acceptors (Lipinski definition) is 4. The zero-order chi connectivity index (χ0) is 17.9. The average Bonchev–Trinajstić information content (AvgIpc) is 2.64. The number of hydrogen-bond donors (Lipinski definition) is 1. The molecule has 1 aromatic carbocycles. The summed E-state index contributed by atoms with van der Waals surface area (Å²) in [6.07, 6.45) is 7.13. The van der Waals surface area contributed by atoms with Crippen molar-refractivity contribution in [3.63, 3.8) is 0 Å². The number of rotatable bonds is 6. The molecule has 0 atom stereocenters. The highest BCUT2D eigenvalue weighted by Gasteiger charge is 2.13. The molecular weight excluding hydrogens is 368 g/mol. The molecule has 1 N–H and O–H groups in total. The fourth-order valence-corrected chi connectivity index (χ4v) is 3.61. The van der Waals surface area contributed by atoms with Crippen LogP contribution in [0.4, 0.5) is 5.69 Å². The molecular formula is C19H33BrN2O2. The molecule has 0 heterocycles. The Hall–Kier alpha value is -0.940. The predicted molar refractivity (Wildman–Crippen MR) is 107 cm³/mol. The molecule has 0 saturated heterocycles. The molecule has 4 nitrogen and oxygen atoms in total. The fraction of sp³-hybridized carbons (Fsp3) is 0.684. The van der Waals surface area contributed by atoms with Crippen LogP contribution in [0.25, 0.3) is 0 Å². The van der Waals surface area contributed by atoms with Gasteiger partial charge in [-0.2, -0.15) is 0 Å². The maximum atomic E-state index is 5.30. The Bertz CT molecular complexity index is 473. The van der Waals surface area contributed by atoms with Crippen LogP contribution in [0.3, 0.4) is 0 Å². The summed E-state index contributed by atoms with van der Waals surface area (Å²) in [6.45, 7) is 6.19. The Morgan fingerprint density at radius 1 is 1.04 bits per heavy atom. The van der Waals surface area contributed by atoms with Crippen molar-refractivity contribution in [1.29, 1.82) is 0 Å². The summed E-state index contributed by atoms with van der Waals surface area (Å²) < 4.78 is 11.6.